The second-order valence-electron chi connectivity index (χ2n) is 5.96. The topological polar surface area (TPSA) is 93.1 Å². The molecule has 0 radical (unpaired) electrons. The highest BCUT2D eigenvalue weighted by Gasteiger charge is 2.25. The third-order valence-electron chi connectivity index (χ3n) is 4.22. The molecule has 138 valence electrons. The van der Waals surface area contributed by atoms with Gasteiger partial charge in [0.15, 0.2) is 5.16 Å². The molecule has 7 nitrogen and oxygen atoms in total. The number of rotatable bonds is 5. The normalized spacial score (nSPS) is 14.1. The number of aryl methyl sites for hydroxylation is 2. The van der Waals surface area contributed by atoms with Gasteiger partial charge in [0, 0.05) is 18.5 Å². The first-order chi connectivity index (χ1) is 12.5. The van der Waals surface area contributed by atoms with Crippen LogP contribution in [0, 0.1) is 0 Å². The third-order valence-corrected chi connectivity index (χ3v) is 6.49. The van der Waals surface area contributed by atoms with Gasteiger partial charge in [-0.15, -0.1) is 17.9 Å². The zero-order chi connectivity index (χ0) is 18.8. The summed E-state index contributed by atoms with van der Waals surface area (Å²) in [4.78, 5) is 43.1. The molecule has 3 amide bonds. The molecule has 2 N–H and O–H groups in total. The standard InChI is InChI=1S/C17H20N4O3S2/c1-4-8-21-15(23)12-10-6-5-7-11(10)26-14(12)20-17(21)25-9(2)13(22)19-16(24)18-3/h4,9H,1,5-8H2,2-3H3,(H2,18,19,22,24)/t9-/m1/s1. The van der Waals surface area contributed by atoms with Crippen LogP contribution in [0.3, 0.4) is 0 Å². The van der Waals surface area contributed by atoms with Crippen molar-refractivity contribution in [2.75, 3.05) is 7.05 Å². The van der Waals surface area contributed by atoms with E-state index in [1.807, 2.05) is 0 Å². The second-order valence-corrected chi connectivity index (χ2v) is 8.36. The predicted octanol–water partition coefficient (Wildman–Crippen LogP) is 2.07. The van der Waals surface area contributed by atoms with Crippen molar-refractivity contribution >= 4 is 45.3 Å². The summed E-state index contributed by atoms with van der Waals surface area (Å²) in [5.41, 5.74) is 1.04. The number of hydrogen-bond donors (Lipinski definition) is 2. The number of carbonyl (C=O) groups is 2. The van der Waals surface area contributed by atoms with Crippen molar-refractivity contribution in [3.05, 3.63) is 33.4 Å². The Morgan fingerprint density at radius 1 is 1.46 bits per heavy atom. The molecule has 2 heterocycles. The maximum atomic E-state index is 13.0. The maximum Gasteiger partial charge on any atom is 0.321 e. The molecule has 1 atom stereocenters. The summed E-state index contributed by atoms with van der Waals surface area (Å²) < 4.78 is 1.55. The number of urea groups is 1. The van der Waals surface area contributed by atoms with Crippen molar-refractivity contribution in [1.29, 1.82) is 0 Å². The zero-order valence-corrected chi connectivity index (χ0v) is 16.3. The number of nitrogens with one attached hydrogen (secondary N) is 2. The second kappa shape index (κ2) is 7.63. The van der Waals surface area contributed by atoms with Gasteiger partial charge in [-0.2, -0.15) is 0 Å². The number of thiophene rings is 1. The van der Waals surface area contributed by atoms with Crippen molar-refractivity contribution in [2.45, 2.75) is 43.1 Å². The number of carbonyl (C=O) groups excluding carboxylic acids is 2. The number of aromatic nitrogens is 2. The summed E-state index contributed by atoms with van der Waals surface area (Å²) in [6.45, 7) is 5.71. The van der Waals surface area contributed by atoms with Crippen LogP contribution in [-0.4, -0.2) is 33.8 Å². The van der Waals surface area contributed by atoms with Crippen LogP contribution in [-0.2, 0) is 24.2 Å². The van der Waals surface area contributed by atoms with E-state index in [9.17, 15) is 14.4 Å². The van der Waals surface area contributed by atoms with E-state index in [-0.39, 0.29) is 5.56 Å². The van der Waals surface area contributed by atoms with Crippen LogP contribution >= 0.6 is 23.1 Å². The highest BCUT2D eigenvalue weighted by molar-refractivity contribution is 8.00. The lowest BCUT2D eigenvalue weighted by molar-refractivity contribution is -0.119. The Hall–Kier alpha value is -2.13. The van der Waals surface area contributed by atoms with Gasteiger partial charge in [-0.3, -0.25) is 19.5 Å². The van der Waals surface area contributed by atoms with Gasteiger partial charge >= 0.3 is 6.03 Å². The Morgan fingerprint density at radius 3 is 2.92 bits per heavy atom. The highest BCUT2D eigenvalue weighted by Crippen LogP contribution is 2.36. The van der Waals surface area contributed by atoms with Crippen LogP contribution < -0.4 is 16.2 Å². The van der Waals surface area contributed by atoms with E-state index in [0.29, 0.717) is 17.1 Å². The Morgan fingerprint density at radius 2 is 2.23 bits per heavy atom. The van der Waals surface area contributed by atoms with Gasteiger partial charge in [0.25, 0.3) is 5.56 Å². The van der Waals surface area contributed by atoms with Gasteiger partial charge in [0.1, 0.15) is 4.83 Å². The van der Waals surface area contributed by atoms with E-state index < -0.39 is 17.2 Å². The van der Waals surface area contributed by atoms with Crippen molar-refractivity contribution in [3.63, 3.8) is 0 Å². The molecule has 0 aliphatic heterocycles. The Kier molecular flexibility index (Phi) is 5.47. The van der Waals surface area contributed by atoms with Crippen molar-refractivity contribution in [2.24, 2.45) is 0 Å². The number of fused-ring (bicyclic) bond motifs is 3. The van der Waals surface area contributed by atoms with E-state index in [2.05, 4.69) is 22.2 Å². The molecular weight excluding hydrogens is 372 g/mol. The Bertz CT molecular complexity index is 948. The quantitative estimate of drug-likeness (QED) is 0.462. The molecule has 26 heavy (non-hydrogen) atoms. The van der Waals surface area contributed by atoms with Gasteiger partial charge in [-0.25, -0.2) is 9.78 Å². The van der Waals surface area contributed by atoms with Crippen LogP contribution in [0.25, 0.3) is 10.2 Å². The monoisotopic (exact) mass is 392 g/mol. The summed E-state index contributed by atoms with van der Waals surface area (Å²) in [5, 5.41) is 5.16. The molecule has 0 saturated heterocycles. The number of hydrogen-bond acceptors (Lipinski definition) is 6. The van der Waals surface area contributed by atoms with Gasteiger partial charge in [-0.05, 0) is 31.7 Å². The molecule has 9 heteroatoms. The van der Waals surface area contributed by atoms with E-state index in [4.69, 9.17) is 0 Å². The third kappa shape index (κ3) is 3.41. The van der Waals surface area contributed by atoms with Crippen molar-refractivity contribution < 1.29 is 9.59 Å². The number of thioether (sulfide) groups is 1. The molecular formula is C17H20N4O3S2. The smallest absolute Gasteiger partial charge is 0.321 e. The van der Waals surface area contributed by atoms with Gasteiger partial charge in [-0.1, -0.05) is 17.8 Å². The lowest BCUT2D eigenvalue weighted by Gasteiger charge is -2.14. The zero-order valence-electron chi connectivity index (χ0n) is 14.6. The molecule has 0 fully saturated rings. The summed E-state index contributed by atoms with van der Waals surface area (Å²) >= 11 is 2.72. The minimum Gasteiger partial charge on any atom is -0.341 e. The fourth-order valence-electron chi connectivity index (χ4n) is 2.93. The number of allylic oxidation sites excluding steroid dienone is 1. The molecule has 2 aromatic rings. The van der Waals surface area contributed by atoms with Crippen molar-refractivity contribution in [3.8, 4) is 0 Å². The maximum absolute atomic E-state index is 13.0. The fourth-order valence-corrected chi connectivity index (χ4v) is 5.15. The van der Waals surface area contributed by atoms with E-state index >= 15 is 0 Å². The summed E-state index contributed by atoms with van der Waals surface area (Å²) in [5.74, 6) is -0.442. The van der Waals surface area contributed by atoms with Crippen LogP contribution in [0.5, 0.6) is 0 Å². The molecule has 0 spiro atoms. The molecule has 0 bridgehead atoms. The van der Waals surface area contributed by atoms with Crippen LogP contribution in [0.15, 0.2) is 22.6 Å². The minimum absolute atomic E-state index is 0.0873. The number of imide groups is 1. The number of amides is 3. The average molecular weight is 393 g/mol. The fraction of sp³-hybridized carbons (Fsp3) is 0.412. The molecule has 0 saturated carbocycles. The van der Waals surface area contributed by atoms with Crippen molar-refractivity contribution in [1.82, 2.24) is 20.2 Å². The van der Waals surface area contributed by atoms with E-state index in [1.54, 1.807) is 28.9 Å². The molecule has 1 aliphatic carbocycles. The first kappa shape index (κ1) is 18.7. The SMILES string of the molecule is C=CCn1c(S[C@H](C)C(=O)NC(=O)NC)nc2sc3c(c2c1=O)CCC3. The molecule has 0 aromatic carbocycles. The lowest BCUT2D eigenvalue weighted by Crippen LogP contribution is -2.41. The van der Waals surface area contributed by atoms with Gasteiger partial charge < -0.3 is 5.32 Å². The minimum atomic E-state index is -0.584. The van der Waals surface area contributed by atoms with Crippen LogP contribution in [0.2, 0.25) is 0 Å². The summed E-state index contributed by atoms with van der Waals surface area (Å²) in [6.07, 6.45) is 4.62. The largest absolute Gasteiger partial charge is 0.341 e. The molecule has 2 aromatic heterocycles. The summed E-state index contributed by atoms with van der Waals surface area (Å²) in [7, 11) is 1.44. The Labute approximate surface area is 158 Å². The van der Waals surface area contributed by atoms with Crippen LogP contribution in [0.4, 0.5) is 4.79 Å². The molecule has 1 aliphatic rings. The highest BCUT2D eigenvalue weighted by atomic mass is 32.2. The van der Waals surface area contributed by atoms with Gasteiger partial charge in [0.2, 0.25) is 5.91 Å². The predicted molar refractivity (Wildman–Crippen MR) is 104 cm³/mol. The molecule has 3 rings (SSSR count). The van der Waals surface area contributed by atoms with Crippen LogP contribution in [0.1, 0.15) is 23.8 Å². The summed E-state index contributed by atoms with van der Waals surface area (Å²) in [6, 6.07) is -0.566. The first-order valence-corrected chi connectivity index (χ1v) is 10.0. The Balaban J connectivity index is 1.98. The molecule has 0 unspecified atom stereocenters. The lowest BCUT2D eigenvalue weighted by atomic mass is 10.2. The van der Waals surface area contributed by atoms with E-state index in [0.717, 1.165) is 41.4 Å². The average Bonchev–Trinajstić information content (AvgIpc) is 3.18. The number of nitrogens with zero attached hydrogens (tertiary/aromatic N) is 2. The first-order valence-electron chi connectivity index (χ1n) is 8.31. The van der Waals surface area contributed by atoms with E-state index in [1.165, 1.54) is 11.9 Å². The van der Waals surface area contributed by atoms with Gasteiger partial charge in [0.05, 0.1) is 10.6 Å².